The maximum atomic E-state index is 3.45. The monoisotopic (exact) mass is 229 g/mol. The molecule has 1 aromatic carbocycles. The van der Waals surface area contributed by atoms with Crippen molar-refractivity contribution in [2.75, 3.05) is 13.1 Å². The van der Waals surface area contributed by atoms with Crippen LogP contribution in [-0.4, -0.2) is 13.1 Å². The lowest BCUT2D eigenvalue weighted by molar-refractivity contribution is 0.703. The Morgan fingerprint density at radius 1 is 1.06 bits per heavy atom. The summed E-state index contributed by atoms with van der Waals surface area (Å²) in [5.74, 6) is 0.624. The fourth-order valence-corrected chi connectivity index (χ4v) is 2.30. The summed E-state index contributed by atoms with van der Waals surface area (Å²) in [5, 5.41) is 3.45. The molecule has 1 saturated heterocycles. The molecule has 1 fully saturated rings. The van der Waals surface area contributed by atoms with E-state index in [1.807, 2.05) is 0 Å². The molecule has 0 aromatic heterocycles. The van der Waals surface area contributed by atoms with Crippen LogP contribution in [0.3, 0.4) is 0 Å². The highest BCUT2D eigenvalue weighted by Gasteiger charge is 2.04. The molecule has 0 amide bonds. The van der Waals surface area contributed by atoms with E-state index >= 15 is 0 Å². The number of rotatable bonds is 2. The number of benzene rings is 1. The number of hydrogen-bond acceptors (Lipinski definition) is 1. The van der Waals surface area contributed by atoms with Gasteiger partial charge in [0.1, 0.15) is 0 Å². The Hall–Kier alpha value is -1.08. The van der Waals surface area contributed by atoms with Crippen molar-refractivity contribution in [2.24, 2.45) is 0 Å². The zero-order valence-electron chi connectivity index (χ0n) is 11.0. The molecule has 0 aliphatic carbocycles. The van der Waals surface area contributed by atoms with Crippen molar-refractivity contribution in [1.82, 2.24) is 5.32 Å². The summed E-state index contributed by atoms with van der Waals surface area (Å²) in [6, 6.07) is 9.01. The second-order valence-electron chi connectivity index (χ2n) is 5.23. The largest absolute Gasteiger partial charge is 0.316 e. The molecule has 0 bridgehead atoms. The van der Waals surface area contributed by atoms with Gasteiger partial charge in [-0.3, -0.25) is 0 Å². The van der Waals surface area contributed by atoms with Crippen LogP contribution < -0.4 is 5.32 Å². The van der Waals surface area contributed by atoms with Gasteiger partial charge in [-0.2, -0.15) is 0 Å². The predicted molar refractivity (Wildman–Crippen MR) is 75.2 cm³/mol. The zero-order valence-corrected chi connectivity index (χ0v) is 11.0. The van der Waals surface area contributed by atoms with E-state index in [4.69, 9.17) is 0 Å². The molecule has 92 valence electrons. The van der Waals surface area contributed by atoms with E-state index < -0.39 is 0 Å². The van der Waals surface area contributed by atoms with E-state index in [2.05, 4.69) is 49.5 Å². The van der Waals surface area contributed by atoms with E-state index in [1.54, 1.807) is 5.57 Å². The van der Waals surface area contributed by atoms with Gasteiger partial charge in [-0.25, -0.2) is 0 Å². The van der Waals surface area contributed by atoms with Crippen molar-refractivity contribution >= 4 is 6.08 Å². The van der Waals surface area contributed by atoms with Crippen LogP contribution >= 0.6 is 0 Å². The Morgan fingerprint density at radius 2 is 1.82 bits per heavy atom. The van der Waals surface area contributed by atoms with Gasteiger partial charge in [0.2, 0.25) is 0 Å². The van der Waals surface area contributed by atoms with Crippen molar-refractivity contribution in [3.05, 3.63) is 41.0 Å². The molecule has 1 aliphatic heterocycles. The van der Waals surface area contributed by atoms with Gasteiger partial charge in [-0.15, -0.1) is 0 Å². The van der Waals surface area contributed by atoms with Crippen LogP contribution in [0.15, 0.2) is 29.8 Å². The fraction of sp³-hybridized carbons (Fsp3) is 0.500. The van der Waals surface area contributed by atoms with Crippen molar-refractivity contribution in [3.8, 4) is 0 Å². The van der Waals surface area contributed by atoms with Crippen molar-refractivity contribution in [2.45, 2.75) is 39.0 Å². The third-order valence-electron chi connectivity index (χ3n) is 3.45. The zero-order chi connectivity index (χ0) is 12.1. The smallest absolute Gasteiger partial charge is 0.00115 e. The summed E-state index contributed by atoms with van der Waals surface area (Å²) >= 11 is 0. The van der Waals surface area contributed by atoms with E-state index in [9.17, 15) is 0 Å². The van der Waals surface area contributed by atoms with E-state index in [0.717, 1.165) is 6.54 Å². The summed E-state index contributed by atoms with van der Waals surface area (Å²) in [7, 11) is 0. The van der Waals surface area contributed by atoms with Gasteiger partial charge < -0.3 is 5.32 Å². The molecule has 0 unspecified atom stereocenters. The maximum Gasteiger partial charge on any atom is -0.00115 e. The highest BCUT2D eigenvalue weighted by Crippen LogP contribution is 2.19. The molecule has 0 radical (unpaired) electrons. The summed E-state index contributed by atoms with van der Waals surface area (Å²) in [4.78, 5) is 0. The molecule has 0 atom stereocenters. The van der Waals surface area contributed by atoms with Crippen LogP contribution in [0.2, 0.25) is 0 Å². The predicted octanol–water partition coefficient (Wildman–Crippen LogP) is 3.97. The quantitative estimate of drug-likeness (QED) is 0.809. The van der Waals surface area contributed by atoms with Crippen molar-refractivity contribution in [1.29, 1.82) is 0 Å². The first-order valence-corrected chi connectivity index (χ1v) is 6.76. The molecule has 0 spiro atoms. The number of hydrogen-bond donors (Lipinski definition) is 1. The lowest BCUT2D eigenvalue weighted by atomic mass is 9.99. The van der Waals surface area contributed by atoms with Gasteiger partial charge >= 0.3 is 0 Å². The molecule has 1 heteroatoms. The van der Waals surface area contributed by atoms with E-state index in [0.29, 0.717) is 5.92 Å². The summed E-state index contributed by atoms with van der Waals surface area (Å²) in [6.07, 6.45) is 6.10. The minimum atomic E-state index is 0.624. The second kappa shape index (κ2) is 6.02. The van der Waals surface area contributed by atoms with Gasteiger partial charge in [0.05, 0.1) is 0 Å². The Morgan fingerprint density at radius 3 is 2.53 bits per heavy atom. The summed E-state index contributed by atoms with van der Waals surface area (Å²) in [6.45, 7) is 6.79. The molecule has 2 rings (SSSR count). The third-order valence-corrected chi connectivity index (χ3v) is 3.45. The van der Waals surface area contributed by atoms with Gasteiger partial charge in [0.25, 0.3) is 0 Å². The minimum Gasteiger partial charge on any atom is -0.316 e. The molecule has 17 heavy (non-hydrogen) atoms. The SMILES string of the molecule is CC(C)c1ccc(/C=C2/CCCNCC2)cc1. The van der Waals surface area contributed by atoms with Crippen LogP contribution in [0, 0.1) is 0 Å². The van der Waals surface area contributed by atoms with Gasteiger partial charge in [-0.1, -0.05) is 49.8 Å². The van der Waals surface area contributed by atoms with Crippen LogP contribution in [0.25, 0.3) is 6.08 Å². The molecule has 1 aliphatic rings. The maximum absolute atomic E-state index is 3.45. The first-order chi connectivity index (χ1) is 8.25. The molecule has 1 nitrogen and oxygen atoms in total. The fourth-order valence-electron chi connectivity index (χ4n) is 2.30. The molecule has 0 saturated carbocycles. The first-order valence-electron chi connectivity index (χ1n) is 6.76. The topological polar surface area (TPSA) is 12.0 Å². The Balaban J connectivity index is 2.08. The van der Waals surface area contributed by atoms with E-state index in [-0.39, 0.29) is 0 Å². The third kappa shape index (κ3) is 3.71. The molecule has 1 N–H and O–H groups in total. The van der Waals surface area contributed by atoms with Crippen molar-refractivity contribution in [3.63, 3.8) is 0 Å². The average Bonchev–Trinajstić information content (AvgIpc) is 2.58. The van der Waals surface area contributed by atoms with Gasteiger partial charge in [-0.05, 0) is 49.4 Å². The Kier molecular flexibility index (Phi) is 4.38. The van der Waals surface area contributed by atoms with Crippen LogP contribution in [-0.2, 0) is 0 Å². The average molecular weight is 229 g/mol. The van der Waals surface area contributed by atoms with Gasteiger partial charge in [0, 0.05) is 0 Å². The molecular formula is C16H23N. The molecular weight excluding hydrogens is 206 g/mol. The number of nitrogens with one attached hydrogen (secondary N) is 1. The van der Waals surface area contributed by atoms with Crippen molar-refractivity contribution < 1.29 is 0 Å². The standard InChI is InChI=1S/C16H23N/c1-13(2)16-7-5-15(6-8-16)12-14-4-3-10-17-11-9-14/h5-8,12-13,17H,3-4,9-11H2,1-2H3/b14-12-. The Labute approximate surface area is 105 Å². The van der Waals surface area contributed by atoms with Gasteiger partial charge in [0.15, 0.2) is 0 Å². The van der Waals surface area contributed by atoms with E-state index in [1.165, 1.54) is 36.9 Å². The van der Waals surface area contributed by atoms with Crippen LogP contribution in [0.5, 0.6) is 0 Å². The van der Waals surface area contributed by atoms with Crippen LogP contribution in [0.4, 0.5) is 0 Å². The summed E-state index contributed by atoms with van der Waals surface area (Å²) < 4.78 is 0. The highest BCUT2D eigenvalue weighted by atomic mass is 14.8. The highest BCUT2D eigenvalue weighted by molar-refractivity contribution is 5.53. The Bertz CT molecular complexity index is 363. The minimum absolute atomic E-state index is 0.624. The lowest BCUT2D eigenvalue weighted by Gasteiger charge is -2.06. The molecule has 1 heterocycles. The summed E-state index contributed by atoms with van der Waals surface area (Å²) in [5.41, 5.74) is 4.37. The first kappa shape index (κ1) is 12.4. The normalized spacial score (nSPS) is 19.6. The second-order valence-corrected chi connectivity index (χ2v) is 5.23. The lowest BCUT2D eigenvalue weighted by Crippen LogP contribution is -2.13. The van der Waals surface area contributed by atoms with Crippen LogP contribution in [0.1, 0.15) is 50.2 Å². The molecule has 1 aromatic rings.